The second-order valence-corrected chi connectivity index (χ2v) is 9.08. The third-order valence-electron chi connectivity index (χ3n) is 5.67. The highest BCUT2D eigenvalue weighted by Gasteiger charge is 2.70. The molecule has 2 amide bonds. The van der Waals surface area contributed by atoms with E-state index in [0.29, 0.717) is 12.1 Å². The molecule has 0 saturated carbocycles. The van der Waals surface area contributed by atoms with Crippen LogP contribution in [0.4, 0.5) is 32.0 Å². The zero-order valence-electron chi connectivity index (χ0n) is 17.4. The molecule has 0 spiro atoms. The molecule has 0 aliphatic carbocycles. The van der Waals surface area contributed by atoms with Gasteiger partial charge in [-0.25, -0.2) is 4.90 Å². The number of nitrogens with zero attached hydrogens (tertiary/aromatic N) is 1. The minimum atomic E-state index is -5.16. The second-order valence-electron chi connectivity index (χ2n) is 9.08. The van der Waals surface area contributed by atoms with Crippen LogP contribution in [-0.2, 0) is 36.2 Å². The molecule has 3 heterocycles. The number of hydrogen-bond acceptors (Lipinski definition) is 5. The van der Waals surface area contributed by atoms with E-state index in [2.05, 4.69) is 0 Å². The molecule has 0 unspecified atom stereocenters. The van der Waals surface area contributed by atoms with Crippen molar-refractivity contribution in [1.82, 2.24) is 0 Å². The average molecular weight is 477 g/mol. The molecule has 1 aromatic carbocycles. The summed E-state index contributed by atoms with van der Waals surface area (Å²) in [4.78, 5) is 38.9. The van der Waals surface area contributed by atoms with Gasteiger partial charge in [0.25, 0.3) is 0 Å². The summed E-state index contributed by atoms with van der Waals surface area (Å²) in [5, 5.41) is 0. The molecule has 0 radical (unpaired) electrons. The van der Waals surface area contributed by atoms with Crippen molar-refractivity contribution in [2.24, 2.45) is 17.3 Å². The monoisotopic (exact) mass is 477 g/mol. The van der Waals surface area contributed by atoms with Crippen LogP contribution in [0.1, 0.15) is 31.9 Å². The highest BCUT2D eigenvalue weighted by atomic mass is 19.4. The Morgan fingerprint density at radius 1 is 0.970 bits per heavy atom. The van der Waals surface area contributed by atoms with Gasteiger partial charge in [-0.15, -0.1) is 0 Å². The van der Waals surface area contributed by atoms with Gasteiger partial charge in [0.2, 0.25) is 17.6 Å². The van der Waals surface area contributed by atoms with Gasteiger partial charge in [0.05, 0.1) is 34.3 Å². The lowest BCUT2D eigenvalue weighted by atomic mass is 9.82. The molecule has 4 rings (SSSR count). The number of halogens is 6. The summed E-state index contributed by atoms with van der Waals surface area (Å²) in [5.74, 6) is -7.62. The van der Waals surface area contributed by atoms with E-state index in [1.807, 2.05) is 0 Å². The van der Waals surface area contributed by atoms with Gasteiger partial charge in [0.15, 0.2) is 0 Å². The zero-order chi connectivity index (χ0) is 24.7. The SMILES string of the molecule is CC(C)(C)C(=O)O[C@@]12C=C[C@@H](O1)[C@H]1C(=O)N(c3cc(C(F)(F)F)cc(C(F)(F)F)c3)C(=O)[C@@H]12. The van der Waals surface area contributed by atoms with Crippen molar-refractivity contribution in [3.63, 3.8) is 0 Å². The second kappa shape index (κ2) is 6.81. The van der Waals surface area contributed by atoms with Crippen molar-refractivity contribution < 1.29 is 50.2 Å². The molecular weight excluding hydrogens is 460 g/mol. The van der Waals surface area contributed by atoms with Gasteiger partial charge in [-0.1, -0.05) is 6.08 Å². The lowest BCUT2D eigenvalue weighted by molar-refractivity contribution is -0.212. The first-order valence-corrected chi connectivity index (χ1v) is 9.74. The Hall–Kier alpha value is -2.89. The number of carbonyl (C=O) groups excluding carboxylic acids is 3. The Morgan fingerprint density at radius 3 is 2.00 bits per heavy atom. The number of rotatable bonds is 2. The van der Waals surface area contributed by atoms with Crippen molar-refractivity contribution in [2.45, 2.75) is 45.0 Å². The maximum Gasteiger partial charge on any atom is 0.416 e. The molecule has 2 bridgehead atoms. The summed E-state index contributed by atoms with van der Waals surface area (Å²) in [6, 6.07) is 0.503. The number of alkyl halides is 6. The fourth-order valence-electron chi connectivity index (χ4n) is 4.08. The Kier molecular flexibility index (Phi) is 4.80. The minimum Gasteiger partial charge on any atom is -0.428 e. The number of benzene rings is 1. The molecular formula is C21H17F6NO5. The van der Waals surface area contributed by atoms with E-state index in [1.165, 1.54) is 32.9 Å². The smallest absolute Gasteiger partial charge is 0.416 e. The number of fused-ring (bicyclic) bond motifs is 5. The number of imide groups is 1. The van der Waals surface area contributed by atoms with Crippen LogP contribution < -0.4 is 4.90 Å². The summed E-state index contributed by atoms with van der Waals surface area (Å²) >= 11 is 0. The molecule has 1 aromatic rings. The summed E-state index contributed by atoms with van der Waals surface area (Å²) in [5.41, 5.74) is -5.23. The largest absolute Gasteiger partial charge is 0.428 e. The highest BCUT2D eigenvalue weighted by molar-refractivity contribution is 6.23. The topological polar surface area (TPSA) is 72.9 Å². The van der Waals surface area contributed by atoms with Crippen LogP contribution in [-0.4, -0.2) is 29.7 Å². The van der Waals surface area contributed by atoms with Crippen molar-refractivity contribution in [3.8, 4) is 0 Å². The summed E-state index contributed by atoms with van der Waals surface area (Å²) in [6.45, 7) is 4.59. The lowest BCUT2D eigenvalue weighted by Gasteiger charge is -2.31. The van der Waals surface area contributed by atoms with Crippen LogP contribution >= 0.6 is 0 Å². The standard InChI is InChI=1S/C21H17F6NO5/c1-18(2,3)17(31)33-19-5-4-12(32-19)13-14(19)16(30)28(15(13)29)11-7-9(20(22,23)24)6-10(8-11)21(25,26)27/h4-8,12-14H,1-3H3/t12-,13-,14-,19-/m1/s1. The first-order valence-electron chi connectivity index (χ1n) is 9.74. The molecule has 2 saturated heterocycles. The van der Waals surface area contributed by atoms with Gasteiger partial charge in [0.1, 0.15) is 5.92 Å². The van der Waals surface area contributed by atoms with E-state index in [1.54, 1.807) is 0 Å². The summed E-state index contributed by atoms with van der Waals surface area (Å²) in [7, 11) is 0. The van der Waals surface area contributed by atoms with E-state index in [0.717, 1.165) is 0 Å². The Morgan fingerprint density at radius 2 is 1.52 bits per heavy atom. The molecule has 4 atom stereocenters. The van der Waals surface area contributed by atoms with Gasteiger partial charge in [-0.3, -0.25) is 14.4 Å². The van der Waals surface area contributed by atoms with Crippen LogP contribution in [0.25, 0.3) is 0 Å². The predicted octanol–water partition coefficient (Wildman–Crippen LogP) is 4.08. The maximum atomic E-state index is 13.3. The number of anilines is 1. The fraction of sp³-hybridized carbons (Fsp3) is 0.476. The van der Waals surface area contributed by atoms with E-state index in [9.17, 15) is 40.7 Å². The van der Waals surface area contributed by atoms with Crippen LogP contribution in [0.3, 0.4) is 0 Å². The van der Waals surface area contributed by atoms with Crippen molar-refractivity contribution >= 4 is 23.5 Å². The van der Waals surface area contributed by atoms with E-state index in [4.69, 9.17) is 9.47 Å². The van der Waals surface area contributed by atoms with Crippen molar-refractivity contribution in [1.29, 1.82) is 0 Å². The number of carbonyl (C=O) groups is 3. The van der Waals surface area contributed by atoms with E-state index < -0.39 is 76.1 Å². The van der Waals surface area contributed by atoms with Crippen LogP contribution in [0.15, 0.2) is 30.4 Å². The third kappa shape index (κ3) is 3.60. The summed E-state index contributed by atoms with van der Waals surface area (Å²) in [6.07, 6.45) is -8.71. The number of amides is 2. The van der Waals surface area contributed by atoms with Gasteiger partial charge in [-0.2, -0.15) is 26.3 Å². The lowest BCUT2D eigenvalue weighted by Crippen LogP contribution is -2.46. The average Bonchev–Trinajstić information content (AvgIpc) is 3.29. The number of ether oxygens (including phenoxy) is 2. The van der Waals surface area contributed by atoms with E-state index >= 15 is 0 Å². The maximum absolute atomic E-state index is 13.3. The molecule has 3 aliphatic rings. The minimum absolute atomic E-state index is 0.101. The molecule has 0 N–H and O–H groups in total. The highest BCUT2D eigenvalue weighted by Crippen LogP contribution is 2.54. The summed E-state index contributed by atoms with van der Waals surface area (Å²) < 4.78 is 90.5. The van der Waals surface area contributed by atoms with Gasteiger partial charge in [-0.05, 0) is 45.0 Å². The van der Waals surface area contributed by atoms with Crippen LogP contribution in [0, 0.1) is 17.3 Å². The molecule has 6 nitrogen and oxygen atoms in total. The number of hydrogen-bond donors (Lipinski definition) is 0. The quantitative estimate of drug-likeness (QED) is 0.278. The van der Waals surface area contributed by atoms with Crippen molar-refractivity contribution in [2.75, 3.05) is 4.90 Å². The third-order valence-corrected chi connectivity index (χ3v) is 5.67. The molecule has 33 heavy (non-hydrogen) atoms. The van der Waals surface area contributed by atoms with E-state index in [-0.39, 0.29) is 11.0 Å². The molecule has 3 aliphatic heterocycles. The normalized spacial score (nSPS) is 29.1. The fourth-order valence-corrected chi connectivity index (χ4v) is 4.08. The number of esters is 1. The van der Waals surface area contributed by atoms with Gasteiger partial charge < -0.3 is 9.47 Å². The molecule has 2 fully saturated rings. The predicted molar refractivity (Wildman–Crippen MR) is 98.2 cm³/mol. The zero-order valence-corrected chi connectivity index (χ0v) is 17.4. The Balaban J connectivity index is 1.77. The Bertz CT molecular complexity index is 1050. The van der Waals surface area contributed by atoms with Crippen LogP contribution in [0.5, 0.6) is 0 Å². The molecule has 178 valence electrons. The van der Waals surface area contributed by atoms with Crippen LogP contribution in [0.2, 0.25) is 0 Å². The van der Waals surface area contributed by atoms with Crippen molar-refractivity contribution in [3.05, 3.63) is 41.5 Å². The first-order chi connectivity index (χ1) is 15.0. The Labute approximate surface area is 183 Å². The van der Waals surface area contributed by atoms with Gasteiger partial charge >= 0.3 is 18.3 Å². The molecule has 0 aromatic heterocycles. The first kappa shape index (κ1) is 23.3. The molecule has 12 heteroatoms. The van der Waals surface area contributed by atoms with Gasteiger partial charge in [0, 0.05) is 0 Å².